The van der Waals surface area contributed by atoms with Crippen molar-refractivity contribution in [2.75, 3.05) is 49.7 Å². The predicted molar refractivity (Wildman–Crippen MR) is 130 cm³/mol. The highest BCUT2D eigenvalue weighted by Gasteiger charge is 2.22. The molecular formula is C26H36N4O3. The lowest BCUT2D eigenvalue weighted by atomic mass is 9.87. The van der Waals surface area contributed by atoms with Crippen LogP contribution in [0.5, 0.6) is 5.88 Å². The molecule has 3 heterocycles. The Kier molecular flexibility index (Phi) is 7.27. The lowest BCUT2D eigenvalue weighted by Crippen LogP contribution is -2.36. The van der Waals surface area contributed by atoms with E-state index in [9.17, 15) is 0 Å². The maximum Gasteiger partial charge on any atom is 0.226 e. The van der Waals surface area contributed by atoms with Crippen molar-refractivity contribution in [2.45, 2.75) is 57.6 Å². The largest absolute Gasteiger partial charge is 0.471 e. The Morgan fingerprint density at radius 2 is 1.76 bits per heavy atom. The van der Waals surface area contributed by atoms with E-state index in [1.54, 1.807) is 0 Å². The number of nitrogens with zero attached hydrogens (tertiary/aromatic N) is 3. The van der Waals surface area contributed by atoms with Crippen LogP contribution >= 0.6 is 0 Å². The molecule has 1 aromatic heterocycles. The average molecular weight is 453 g/mol. The van der Waals surface area contributed by atoms with Crippen molar-refractivity contribution in [3.63, 3.8) is 0 Å². The number of hydrogen-bond donors (Lipinski definition) is 1. The normalized spacial score (nSPS) is 26.1. The van der Waals surface area contributed by atoms with E-state index in [0.717, 1.165) is 62.8 Å². The summed E-state index contributed by atoms with van der Waals surface area (Å²) in [5.74, 6) is 2.12. The number of morpholine rings is 1. The molecular weight excluding hydrogens is 416 g/mol. The Balaban J connectivity index is 1.36. The zero-order valence-corrected chi connectivity index (χ0v) is 19.7. The summed E-state index contributed by atoms with van der Waals surface area (Å²) in [6.07, 6.45) is 8.80. The molecule has 2 saturated heterocycles. The van der Waals surface area contributed by atoms with Crippen LogP contribution in [0.15, 0.2) is 30.5 Å². The third kappa shape index (κ3) is 5.76. The van der Waals surface area contributed by atoms with Crippen LogP contribution in [-0.4, -0.2) is 61.6 Å². The molecule has 0 bridgehead atoms. The zero-order valence-electron chi connectivity index (χ0n) is 19.7. The maximum absolute atomic E-state index is 6.39. The van der Waals surface area contributed by atoms with E-state index in [-0.39, 0.29) is 6.10 Å². The fraction of sp³-hybridized carbons (Fsp3) is 0.615. The van der Waals surface area contributed by atoms with Crippen molar-refractivity contribution in [1.82, 2.24) is 9.97 Å². The molecule has 1 atom stereocenters. The van der Waals surface area contributed by atoms with Crippen molar-refractivity contribution < 1.29 is 14.2 Å². The Hall–Kier alpha value is -2.38. The minimum Gasteiger partial charge on any atom is -0.471 e. The fourth-order valence-corrected chi connectivity index (χ4v) is 4.95. The maximum atomic E-state index is 6.39. The van der Waals surface area contributed by atoms with Crippen LogP contribution in [0.3, 0.4) is 0 Å². The lowest BCUT2D eigenvalue weighted by Gasteiger charge is -2.29. The number of nitrogens with one attached hydrogen (secondary N) is 1. The summed E-state index contributed by atoms with van der Waals surface area (Å²) in [6.45, 7) is 7.19. The summed E-state index contributed by atoms with van der Waals surface area (Å²) >= 11 is 0. The molecule has 33 heavy (non-hydrogen) atoms. The Bertz CT molecular complexity index is 887. The molecule has 0 amide bonds. The number of ether oxygens (including phenoxy) is 3. The molecule has 5 rings (SSSR count). The van der Waals surface area contributed by atoms with Gasteiger partial charge in [0.1, 0.15) is 6.10 Å². The van der Waals surface area contributed by atoms with Crippen molar-refractivity contribution in [3.05, 3.63) is 30.5 Å². The van der Waals surface area contributed by atoms with Gasteiger partial charge in [-0.25, -0.2) is 4.98 Å². The van der Waals surface area contributed by atoms with Gasteiger partial charge in [0, 0.05) is 37.6 Å². The molecule has 3 aliphatic rings. The molecule has 1 saturated carbocycles. The van der Waals surface area contributed by atoms with Gasteiger partial charge >= 0.3 is 0 Å². The number of aromatic nitrogens is 2. The molecule has 0 spiro atoms. The second kappa shape index (κ2) is 10.7. The van der Waals surface area contributed by atoms with Gasteiger partial charge in [-0.05, 0) is 62.1 Å². The average Bonchev–Trinajstić information content (AvgIpc) is 2.87. The van der Waals surface area contributed by atoms with E-state index in [1.165, 1.54) is 31.4 Å². The molecule has 7 nitrogen and oxygen atoms in total. The second-order valence-corrected chi connectivity index (χ2v) is 9.62. The summed E-state index contributed by atoms with van der Waals surface area (Å²) in [7, 11) is 0. The standard InChI is InChI=1S/C26H36N4O3/c1-19-4-8-21(9-5-19)28-26-27-17-24(25(29-26)33-23-3-2-14-32-18-23)20-6-10-22(11-7-20)30-12-15-31-16-13-30/h6-7,10-11,17,19,21,23H,2-5,8-9,12-16,18H2,1H3,(H,27,28,29)/t19?,21?,23-/m1/s1. The Morgan fingerprint density at radius 3 is 2.48 bits per heavy atom. The highest BCUT2D eigenvalue weighted by molar-refractivity contribution is 5.70. The predicted octanol–water partition coefficient (Wildman–Crippen LogP) is 4.53. The van der Waals surface area contributed by atoms with Crippen molar-refractivity contribution in [3.8, 4) is 17.0 Å². The molecule has 1 aromatic carbocycles. The Morgan fingerprint density at radius 1 is 0.970 bits per heavy atom. The molecule has 7 heteroatoms. The summed E-state index contributed by atoms with van der Waals surface area (Å²) in [6, 6.07) is 9.06. The van der Waals surface area contributed by atoms with Gasteiger partial charge in [0.2, 0.25) is 11.8 Å². The number of benzene rings is 1. The first-order valence-electron chi connectivity index (χ1n) is 12.6. The summed E-state index contributed by atoms with van der Waals surface area (Å²) in [4.78, 5) is 11.9. The van der Waals surface area contributed by atoms with E-state index in [4.69, 9.17) is 19.2 Å². The smallest absolute Gasteiger partial charge is 0.226 e. The summed E-state index contributed by atoms with van der Waals surface area (Å²) in [5, 5.41) is 3.56. The van der Waals surface area contributed by atoms with E-state index in [1.807, 2.05) is 6.20 Å². The Labute approximate surface area is 196 Å². The van der Waals surface area contributed by atoms with Gasteiger partial charge in [-0.1, -0.05) is 19.1 Å². The van der Waals surface area contributed by atoms with Crippen LogP contribution in [0.2, 0.25) is 0 Å². The van der Waals surface area contributed by atoms with Gasteiger partial charge in [-0.3, -0.25) is 0 Å². The van der Waals surface area contributed by atoms with E-state index in [0.29, 0.717) is 24.5 Å². The van der Waals surface area contributed by atoms with Gasteiger partial charge in [0.25, 0.3) is 0 Å². The minimum atomic E-state index is 0.0309. The quantitative estimate of drug-likeness (QED) is 0.691. The first-order valence-corrected chi connectivity index (χ1v) is 12.6. The monoisotopic (exact) mass is 452 g/mol. The molecule has 178 valence electrons. The SMILES string of the molecule is CC1CCC(Nc2ncc(-c3ccc(N4CCOCC4)cc3)c(O[C@@H]3CCCOC3)n2)CC1. The van der Waals surface area contributed by atoms with Crippen LogP contribution in [0.25, 0.3) is 11.1 Å². The lowest BCUT2D eigenvalue weighted by molar-refractivity contribution is 0.00578. The van der Waals surface area contributed by atoms with Crippen molar-refractivity contribution >= 4 is 11.6 Å². The first-order chi connectivity index (χ1) is 16.2. The molecule has 2 aliphatic heterocycles. The van der Waals surface area contributed by atoms with Crippen LogP contribution in [0.1, 0.15) is 45.4 Å². The van der Waals surface area contributed by atoms with Gasteiger partial charge in [-0.15, -0.1) is 0 Å². The third-order valence-electron chi connectivity index (χ3n) is 7.05. The molecule has 1 N–H and O–H groups in total. The summed E-state index contributed by atoms with van der Waals surface area (Å²) in [5.41, 5.74) is 3.21. The third-order valence-corrected chi connectivity index (χ3v) is 7.05. The van der Waals surface area contributed by atoms with Crippen molar-refractivity contribution in [2.24, 2.45) is 5.92 Å². The summed E-state index contributed by atoms with van der Waals surface area (Å²) < 4.78 is 17.5. The number of anilines is 2. The zero-order chi connectivity index (χ0) is 22.5. The molecule has 0 unspecified atom stereocenters. The van der Waals surface area contributed by atoms with Gasteiger partial charge in [-0.2, -0.15) is 4.98 Å². The van der Waals surface area contributed by atoms with E-state index >= 15 is 0 Å². The fourth-order valence-electron chi connectivity index (χ4n) is 4.95. The van der Waals surface area contributed by atoms with Crippen LogP contribution in [-0.2, 0) is 9.47 Å². The van der Waals surface area contributed by atoms with Crippen LogP contribution in [0, 0.1) is 5.92 Å². The van der Waals surface area contributed by atoms with E-state index in [2.05, 4.69) is 46.4 Å². The van der Waals surface area contributed by atoms with Crippen molar-refractivity contribution in [1.29, 1.82) is 0 Å². The number of rotatable bonds is 6. The van der Waals surface area contributed by atoms with E-state index < -0.39 is 0 Å². The van der Waals surface area contributed by atoms with Gasteiger partial charge < -0.3 is 24.4 Å². The second-order valence-electron chi connectivity index (χ2n) is 9.62. The van der Waals surface area contributed by atoms with Gasteiger partial charge in [0.15, 0.2) is 0 Å². The topological polar surface area (TPSA) is 68.7 Å². The molecule has 1 aliphatic carbocycles. The van der Waals surface area contributed by atoms with Gasteiger partial charge in [0.05, 0.1) is 25.4 Å². The molecule has 2 aromatic rings. The highest BCUT2D eigenvalue weighted by Crippen LogP contribution is 2.33. The van der Waals surface area contributed by atoms with Crippen LogP contribution < -0.4 is 15.0 Å². The van der Waals surface area contributed by atoms with Crippen LogP contribution in [0.4, 0.5) is 11.6 Å². The molecule has 0 radical (unpaired) electrons. The first kappa shape index (κ1) is 22.4. The number of hydrogen-bond acceptors (Lipinski definition) is 7. The minimum absolute atomic E-state index is 0.0309. The molecule has 3 fully saturated rings. The highest BCUT2D eigenvalue weighted by atomic mass is 16.5.